The molecule has 4 nitrogen and oxygen atoms in total. The van der Waals surface area contributed by atoms with E-state index in [0.717, 1.165) is 42.8 Å². The van der Waals surface area contributed by atoms with Crippen molar-refractivity contribution in [2.24, 2.45) is 0 Å². The van der Waals surface area contributed by atoms with Gasteiger partial charge < -0.3 is 5.32 Å². The lowest BCUT2D eigenvalue weighted by atomic mass is 9.87. The van der Waals surface area contributed by atoms with Gasteiger partial charge in [0, 0.05) is 18.2 Å². The Labute approximate surface area is 140 Å². The molecule has 1 aliphatic rings. The minimum Gasteiger partial charge on any atom is -0.306 e. The molecule has 24 heavy (non-hydrogen) atoms. The number of benzene rings is 2. The number of aromatic nitrogens is 3. The van der Waals surface area contributed by atoms with E-state index in [0.29, 0.717) is 0 Å². The van der Waals surface area contributed by atoms with E-state index in [1.165, 1.54) is 17.5 Å². The Morgan fingerprint density at radius 2 is 2.17 bits per heavy atom. The van der Waals surface area contributed by atoms with E-state index in [4.69, 9.17) is 0 Å². The fourth-order valence-electron chi connectivity index (χ4n) is 3.41. The summed E-state index contributed by atoms with van der Waals surface area (Å²) in [5, 5.41) is 10.4. The quantitative estimate of drug-likeness (QED) is 0.768. The van der Waals surface area contributed by atoms with Crippen LogP contribution in [0.3, 0.4) is 0 Å². The Kier molecular flexibility index (Phi) is 4.09. The molecule has 0 fully saturated rings. The number of halogens is 1. The molecule has 0 spiro atoms. The average molecular weight is 322 g/mol. The van der Waals surface area contributed by atoms with Crippen LogP contribution in [0.5, 0.6) is 0 Å². The van der Waals surface area contributed by atoms with Crippen molar-refractivity contribution in [2.45, 2.75) is 31.8 Å². The van der Waals surface area contributed by atoms with Crippen LogP contribution in [-0.4, -0.2) is 15.2 Å². The number of nitrogens with one attached hydrogen (secondary N) is 2. The van der Waals surface area contributed by atoms with Crippen LogP contribution < -0.4 is 5.32 Å². The molecule has 2 aromatic carbocycles. The number of hydrogen-bond donors (Lipinski definition) is 2. The molecule has 5 heteroatoms. The molecule has 4 rings (SSSR count). The molecule has 1 aliphatic carbocycles. The molecule has 0 bridgehead atoms. The molecular weight excluding hydrogens is 303 g/mol. The van der Waals surface area contributed by atoms with Crippen molar-refractivity contribution in [2.75, 3.05) is 0 Å². The van der Waals surface area contributed by atoms with Gasteiger partial charge in [-0.3, -0.25) is 5.10 Å². The predicted octanol–water partition coefficient (Wildman–Crippen LogP) is 3.78. The highest BCUT2D eigenvalue weighted by atomic mass is 19.1. The maximum absolute atomic E-state index is 13.4. The first-order valence-corrected chi connectivity index (χ1v) is 8.26. The summed E-state index contributed by atoms with van der Waals surface area (Å²) in [6, 6.07) is 13.7. The van der Waals surface area contributed by atoms with Gasteiger partial charge in [-0.05, 0) is 54.2 Å². The van der Waals surface area contributed by atoms with Gasteiger partial charge in [-0.2, -0.15) is 5.10 Å². The Balaban J connectivity index is 1.49. The molecule has 0 amide bonds. The number of hydrogen-bond acceptors (Lipinski definition) is 3. The third-order valence-electron chi connectivity index (χ3n) is 4.59. The molecule has 3 aromatic rings. The number of H-pyrrole nitrogens is 1. The smallest absolute Gasteiger partial charge is 0.155 e. The maximum atomic E-state index is 13.4. The lowest BCUT2D eigenvalue weighted by Crippen LogP contribution is -2.25. The molecule has 122 valence electrons. The predicted molar refractivity (Wildman–Crippen MR) is 90.7 cm³/mol. The van der Waals surface area contributed by atoms with Gasteiger partial charge in [0.15, 0.2) is 5.82 Å². The third-order valence-corrected chi connectivity index (χ3v) is 4.59. The van der Waals surface area contributed by atoms with Gasteiger partial charge in [-0.25, -0.2) is 9.37 Å². The summed E-state index contributed by atoms with van der Waals surface area (Å²) in [7, 11) is 0. The van der Waals surface area contributed by atoms with Crippen molar-refractivity contribution in [3.05, 3.63) is 71.3 Å². The van der Waals surface area contributed by atoms with E-state index in [1.807, 2.05) is 18.2 Å². The van der Waals surface area contributed by atoms with Crippen LogP contribution in [0.4, 0.5) is 4.39 Å². The van der Waals surface area contributed by atoms with Gasteiger partial charge in [0.05, 0.1) is 0 Å². The van der Waals surface area contributed by atoms with Gasteiger partial charge >= 0.3 is 0 Å². The van der Waals surface area contributed by atoms with Gasteiger partial charge in [-0.1, -0.05) is 24.3 Å². The minimum atomic E-state index is -0.144. The normalized spacial score (nSPS) is 16.8. The molecule has 0 saturated heterocycles. The first kappa shape index (κ1) is 15.0. The zero-order chi connectivity index (χ0) is 16.4. The Bertz CT molecular complexity index is 829. The Morgan fingerprint density at radius 1 is 1.21 bits per heavy atom. The summed E-state index contributed by atoms with van der Waals surface area (Å²) in [4.78, 5) is 4.19. The maximum Gasteiger partial charge on any atom is 0.155 e. The minimum absolute atomic E-state index is 0.144. The number of aromatic amines is 1. The molecule has 0 aliphatic heterocycles. The van der Waals surface area contributed by atoms with Gasteiger partial charge in [0.2, 0.25) is 0 Å². The summed E-state index contributed by atoms with van der Waals surface area (Å²) >= 11 is 0. The van der Waals surface area contributed by atoms with Crippen LogP contribution in [0.15, 0.2) is 48.8 Å². The van der Waals surface area contributed by atoms with Crippen LogP contribution in [-0.2, 0) is 13.0 Å². The number of fused-ring (bicyclic) bond motifs is 1. The van der Waals surface area contributed by atoms with Crippen molar-refractivity contribution in [1.82, 2.24) is 20.5 Å². The first-order chi connectivity index (χ1) is 11.8. The highest BCUT2D eigenvalue weighted by Gasteiger charge is 2.20. The number of aryl methyl sites for hydroxylation is 1. The second-order valence-electron chi connectivity index (χ2n) is 6.20. The van der Waals surface area contributed by atoms with Gasteiger partial charge in [0.1, 0.15) is 12.1 Å². The second-order valence-corrected chi connectivity index (χ2v) is 6.20. The van der Waals surface area contributed by atoms with Gasteiger partial charge in [0.25, 0.3) is 0 Å². The van der Waals surface area contributed by atoms with Crippen molar-refractivity contribution < 1.29 is 4.39 Å². The standard InChI is InChI=1S/C19H19FN4/c20-16-7-8-17-14(10-16)4-2-6-18(17)21-11-13-3-1-5-15(9-13)19-22-12-23-24-19/h1,3,5,7-10,12,18,21H,2,4,6,11H2,(H,22,23,24)/t18-/m0/s1. The lowest BCUT2D eigenvalue weighted by molar-refractivity contribution is 0.457. The van der Waals surface area contributed by atoms with E-state index in [-0.39, 0.29) is 11.9 Å². The van der Waals surface area contributed by atoms with E-state index in [1.54, 1.807) is 12.1 Å². The van der Waals surface area contributed by atoms with Gasteiger partial charge in [-0.15, -0.1) is 0 Å². The van der Waals surface area contributed by atoms with Crippen molar-refractivity contribution in [3.63, 3.8) is 0 Å². The topological polar surface area (TPSA) is 53.6 Å². The zero-order valence-electron chi connectivity index (χ0n) is 13.3. The summed E-state index contributed by atoms with van der Waals surface area (Å²) in [5.74, 6) is 0.629. The molecule has 0 unspecified atom stereocenters. The number of nitrogens with zero attached hydrogens (tertiary/aromatic N) is 2. The molecule has 0 saturated carbocycles. The van der Waals surface area contributed by atoms with Crippen LogP contribution in [0.2, 0.25) is 0 Å². The van der Waals surface area contributed by atoms with E-state index < -0.39 is 0 Å². The monoisotopic (exact) mass is 322 g/mol. The van der Waals surface area contributed by atoms with E-state index >= 15 is 0 Å². The van der Waals surface area contributed by atoms with Crippen LogP contribution >= 0.6 is 0 Å². The molecule has 0 radical (unpaired) electrons. The fourth-order valence-corrected chi connectivity index (χ4v) is 3.41. The largest absolute Gasteiger partial charge is 0.306 e. The summed E-state index contributed by atoms with van der Waals surface area (Å²) < 4.78 is 13.4. The highest BCUT2D eigenvalue weighted by molar-refractivity contribution is 5.55. The van der Waals surface area contributed by atoms with Crippen molar-refractivity contribution in [3.8, 4) is 11.4 Å². The lowest BCUT2D eigenvalue weighted by Gasteiger charge is -2.26. The molecule has 2 N–H and O–H groups in total. The molecular formula is C19H19FN4. The fraction of sp³-hybridized carbons (Fsp3) is 0.263. The van der Waals surface area contributed by atoms with Crippen LogP contribution in [0, 0.1) is 5.82 Å². The average Bonchev–Trinajstić information content (AvgIpc) is 3.14. The summed E-state index contributed by atoms with van der Waals surface area (Å²) in [6.45, 7) is 0.767. The first-order valence-electron chi connectivity index (χ1n) is 8.26. The molecule has 1 heterocycles. The molecule has 1 aromatic heterocycles. The van der Waals surface area contributed by atoms with Crippen LogP contribution in [0.1, 0.15) is 35.6 Å². The summed E-state index contributed by atoms with van der Waals surface area (Å²) in [6.07, 6.45) is 4.65. The van der Waals surface area contributed by atoms with E-state index in [2.05, 4.69) is 32.6 Å². The van der Waals surface area contributed by atoms with E-state index in [9.17, 15) is 4.39 Å². The number of rotatable bonds is 4. The third kappa shape index (κ3) is 3.08. The molecule has 1 atom stereocenters. The van der Waals surface area contributed by atoms with Crippen molar-refractivity contribution >= 4 is 0 Å². The van der Waals surface area contributed by atoms with Crippen LogP contribution in [0.25, 0.3) is 11.4 Å². The van der Waals surface area contributed by atoms with Crippen molar-refractivity contribution in [1.29, 1.82) is 0 Å². The highest BCUT2D eigenvalue weighted by Crippen LogP contribution is 2.30. The Hall–Kier alpha value is -2.53. The SMILES string of the molecule is Fc1ccc2c(c1)CCC[C@@H]2NCc1cccc(-c2ncn[nH]2)c1. The second kappa shape index (κ2) is 6.53. The summed E-state index contributed by atoms with van der Waals surface area (Å²) in [5.41, 5.74) is 4.58. The zero-order valence-corrected chi connectivity index (χ0v) is 13.3. The Morgan fingerprint density at radius 3 is 3.04 bits per heavy atom.